The Morgan fingerprint density at radius 1 is 1.62 bits per heavy atom. The van der Waals surface area contributed by atoms with Gasteiger partial charge in [-0.1, -0.05) is 6.92 Å². The second-order valence-electron chi connectivity index (χ2n) is 4.69. The van der Waals surface area contributed by atoms with Crippen LogP contribution in [0.1, 0.15) is 18.2 Å². The smallest absolute Gasteiger partial charge is 0.0339 e. The average molecular weight is 303 g/mol. The Morgan fingerprint density at radius 2 is 2.44 bits per heavy atom. The molecule has 90 valence electrons. The van der Waals surface area contributed by atoms with Crippen molar-refractivity contribution in [2.45, 2.75) is 19.9 Å². The van der Waals surface area contributed by atoms with Crippen LogP contribution in [0, 0.1) is 11.8 Å². The van der Waals surface area contributed by atoms with Gasteiger partial charge in [-0.15, -0.1) is 11.3 Å². The van der Waals surface area contributed by atoms with E-state index in [4.69, 9.17) is 5.73 Å². The summed E-state index contributed by atoms with van der Waals surface area (Å²) in [6, 6.07) is 2.13. The van der Waals surface area contributed by atoms with Crippen molar-refractivity contribution >= 4 is 27.3 Å². The molecule has 1 fully saturated rings. The highest BCUT2D eigenvalue weighted by Crippen LogP contribution is 2.28. The second-order valence-corrected chi connectivity index (χ2v) is 6.54. The molecule has 2 atom stereocenters. The van der Waals surface area contributed by atoms with Gasteiger partial charge in [0.25, 0.3) is 0 Å². The molecule has 2 N–H and O–H groups in total. The molecule has 0 bridgehead atoms. The van der Waals surface area contributed by atoms with E-state index in [9.17, 15) is 0 Å². The minimum atomic E-state index is 0.674. The number of thiophene rings is 1. The minimum Gasteiger partial charge on any atom is -0.330 e. The number of halogens is 1. The van der Waals surface area contributed by atoms with E-state index in [0.717, 1.165) is 25.6 Å². The highest BCUT2D eigenvalue weighted by atomic mass is 79.9. The fraction of sp³-hybridized carbons (Fsp3) is 0.667. The van der Waals surface area contributed by atoms with Crippen molar-refractivity contribution in [1.82, 2.24) is 4.90 Å². The van der Waals surface area contributed by atoms with E-state index in [1.807, 2.05) is 11.3 Å². The lowest BCUT2D eigenvalue weighted by Gasteiger charge is -2.36. The first-order valence-corrected chi connectivity index (χ1v) is 7.52. The molecule has 4 heteroatoms. The second kappa shape index (κ2) is 5.63. The SMILES string of the molecule is CC1CCN(Cc2sccc2Br)CC1CN. The molecule has 0 amide bonds. The van der Waals surface area contributed by atoms with Gasteiger partial charge in [-0.05, 0) is 58.7 Å². The first-order chi connectivity index (χ1) is 7.70. The summed E-state index contributed by atoms with van der Waals surface area (Å²) < 4.78 is 1.25. The monoisotopic (exact) mass is 302 g/mol. The van der Waals surface area contributed by atoms with E-state index in [1.165, 1.54) is 22.3 Å². The van der Waals surface area contributed by atoms with Crippen LogP contribution in [0.2, 0.25) is 0 Å². The number of nitrogens with zero attached hydrogens (tertiary/aromatic N) is 1. The molecule has 1 aromatic rings. The summed E-state index contributed by atoms with van der Waals surface area (Å²) in [5.41, 5.74) is 5.83. The zero-order chi connectivity index (χ0) is 11.5. The third-order valence-corrected chi connectivity index (χ3v) is 5.47. The Hall–Kier alpha value is 0.1000. The Morgan fingerprint density at radius 3 is 3.06 bits per heavy atom. The normalized spacial score (nSPS) is 27.2. The standard InChI is InChI=1S/C12H19BrN2S/c1-9-2-4-15(7-10(9)6-14)8-12-11(13)3-5-16-12/h3,5,9-10H,2,4,6-8,14H2,1H3. The van der Waals surface area contributed by atoms with Crippen LogP contribution in [-0.2, 0) is 6.54 Å². The van der Waals surface area contributed by atoms with Gasteiger partial charge in [0, 0.05) is 22.4 Å². The molecule has 1 aliphatic rings. The maximum atomic E-state index is 5.83. The van der Waals surface area contributed by atoms with E-state index in [2.05, 4.69) is 39.2 Å². The number of likely N-dealkylation sites (tertiary alicyclic amines) is 1. The van der Waals surface area contributed by atoms with Crippen molar-refractivity contribution in [2.75, 3.05) is 19.6 Å². The Labute approximate surface area is 110 Å². The number of hydrogen-bond donors (Lipinski definition) is 1. The lowest BCUT2D eigenvalue weighted by atomic mass is 9.87. The molecule has 0 spiro atoms. The van der Waals surface area contributed by atoms with E-state index in [-0.39, 0.29) is 0 Å². The first kappa shape index (κ1) is 12.6. The number of piperidine rings is 1. The van der Waals surface area contributed by atoms with Gasteiger partial charge in [0.15, 0.2) is 0 Å². The van der Waals surface area contributed by atoms with Crippen LogP contribution in [0.25, 0.3) is 0 Å². The Bertz CT molecular complexity index is 340. The third kappa shape index (κ3) is 2.86. The van der Waals surface area contributed by atoms with Crippen LogP contribution in [0.4, 0.5) is 0 Å². The van der Waals surface area contributed by atoms with Crippen molar-refractivity contribution in [3.63, 3.8) is 0 Å². The minimum absolute atomic E-state index is 0.674. The fourth-order valence-corrected chi connectivity index (χ4v) is 3.84. The van der Waals surface area contributed by atoms with Gasteiger partial charge in [0.1, 0.15) is 0 Å². The number of hydrogen-bond acceptors (Lipinski definition) is 3. The molecular formula is C12H19BrN2S. The van der Waals surface area contributed by atoms with Crippen LogP contribution >= 0.6 is 27.3 Å². The van der Waals surface area contributed by atoms with Crippen LogP contribution in [0.15, 0.2) is 15.9 Å². The van der Waals surface area contributed by atoms with Gasteiger partial charge in [-0.2, -0.15) is 0 Å². The Kier molecular flexibility index (Phi) is 4.41. The molecule has 0 saturated carbocycles. The maximum absolute atomic E-state index is 5.83. The highest BCUT2D eigenvalue weighted by molar-refractivity contribution is 9.10. The van der Waals surface area contributed by atoms with Gasteiger partial charge in [-0.25, -0.2) is 0 Å². The summed E-state index contributed by atoms with van der Waals surface area (Å²) in [5, 5.41) is 2.15. The summed E-state index contributed by atoms with van der Waals surface area (Å²) in [6.45, 7) is 6.59. The summed E-state index contributed by atoms with van der Waals surface area (Å²) in [7, 11) is 0. The summed E-state index contributed by atoms with van der Waals surface area (Å²) in [5.74, 6) is 1.46. The maximum Gasteiger partial charge on any atom is 0.0339 e. The molecule has 1 aromatic heterocycles. The van der Waals surface area contributed by atoms with Gasteiger partial charge in [-0.3, -0.25) is 4.90 Å². The van der Waals surface area contributed by atoms with E-state index < -0.39 is 0 Å². The molecule has 2 nitrogen and oxygen atoms in total. The zero-order valence-electron chi connectivity index (χ0n) is 9.66. The van der Waals surface area contributed by atoms with Crippen LogP contribution in [-0.4, -0.2) is 24.5 Å². The topological polar surface area (TPSA) is 29.3 Å². The van der Waals surface area contributed by atoms with Crippen LogP contribution in [0.5, 0.6) is 0 Å². The highest BCUT2D eigenvalue weighted by Gasteiger charge is 2.25. The van der Waals surface area contributed by atoms with Crippen LogP contribution in [0.3, 0.4) is 0 Å². The zero-order valence-corrected chi connectivity index (χ0v) is 12.1. The molecule has 0 aliphatic carbocycles. The molecule has 0 radical (unpaired) electrons. The van der Waals surface area contributed by atoms with Gasteiger partial charge >= 0.3 is 0 Å². The molecular weight excluding hydrogens is 284 g/mol. The molecule has 2 unspecified atom stereocenters. The van der Waals surface area contributed by atoms with Gasteiger partial charge in [0.05, 0.1) is 0 Å². The van der Waals surface area contributed by atoms with Crippen molar-refractivity contribution in [3.05, 3.63) is 20.8 Å². The summed E-state index contributed by atoms with van der Waals surface area (Å²) in [4.78, 5) is 3.97. The fourth-order valence-electron chi connectivity index (χ4n) is 2.32. The molecule has 1 saturated heterocycles. The summed E-state index contributed by atoms with van der Waals surface area (Å²) >= 11 is 5.43. The first-order valence-electron chi connectivity index (χ1n) is 5.85. The quantitative estimate of drug-likeness (QED) is 0.930. The molecule has 16 heavy (non-hydrogen) atoms. The molecule has 0 aromatic carbocycles. The van der Waals surface area contributed by atoms with Gasteiger partial charge in [0.2, 0.25) is 0 Å². The van der Waals surface area contributed by atoms with E-state index >= 15 is 0 Å². The predicted molar refractivity (Wildman–Crippen MR) is 73.6 cm³/mol. The molecule has 2 rings (SSSR count). The lowest BCUT2D eigenvalue weighted by Crippen LogP contribution is -2.42. The number of nitrogens with two attached hydrogens (primary N) is 1. The van der Waals surface area contributed by atoms with Crippen molar-refractivity contribution in [2.24, 2.45) is 17.6 Å². The van der Waals surface area contributed by atoms with Gasteiger partial charge < -0.3 is 5.73 Å². The summed E-state index contributed by atoms with van der Waals surface area (Å²) in [6.07, 6.45) is 1.28. The number of rotatable bonds is 3. The van der Waals surface area contributed by atoms with Crippen LogP contribution < -0.4 is 5.73 Å². The average Bonchev–Trinajstić information content (AvgIpc) is 2.67. The Balaban J connectivity index is 1.94. The lowest BCUT2D eigenvalue weighted by molar-refractivity contribution is 0.127. The largest absolute Gasteiger partial charge is 0.330 e. The van der Waals surface area contributed by atoms with E-state index in [1.54, 1.807) is 0 Å². The van der Waals surface area contributed by atoms with Crippen molar-refractivity contribution in [1.29, 1.82) is 0 Å². The molecule has 1 aliphatic heterocycles. The molecule has 2 heterocycles. The van der Waals surface area contributed by atoms with Crippen molar-refractivity contribution in [3.8, 4) is 0 Å². The van der Waals surface area contributed by atoms with Crippen molar-refractivity contribution < 1.29 is 0 Å². The predicted octanol–water partition coefficient (Wildman–Crippen LogP) is 2.93. The van der Waals surface area contributed by atoms with E-state index in [0.29, 0.717) is 5.92 Å². The third-order valence-electron chi connectivity index (χ3n) is 3.56.